The van der Waals surface area contributed by atoms with E-state index in [-0.39, 0.29) is 23.7 Å². The molecule has 2 aromatic rings. The summed E-state index contributed by atoms with van der Waals surface area (Å²) in [7, 11) is 0. The summed E-state index contributed by atoms with van der Waals surface area (Å²) in [6.45, 7) is 9.24. The van der Waals surface area contributed by atoms with Crippen LogP contribution >= 0.6 is 35.0 Å². The molecule has 0 saturated carbocycles. The van der Waals surface area contributed by atoms with Crippen molar-refractivity contribution in [2.45, 2.75) is 25.0 Å². The van der Waals surface area contributed by atoms with Gasteiger partial charge in [0, 0.05) is 75.2 Å². The molecule has 1 N–H and O–H groups in total. The molecule has 2 saturated heterocycles. The summed E-state index contributed by atoms with van der Waals surface area (Å²) in [5.41, 5.74) is 1.07. The predicted octanol–water partition coefficient (Wildman–Crippen LogP) is 3.46. The Labute approximate surface area is 226 Å². The quantitative estimate of drug-likeness (QED) is 0.334. The SMILES string of the molecule is CCNC(=O)N1CCN(c2cc(Cl)nc(SCC(=O)N3CCN(c4cccc(Cl)c4)CC3)n2)C[C@H]1C. The molecule has 36 heavy (non-hydrogen) atoms. The highest BCUT2D eigenvalue weighted by Crippen LogP contribution is 2.25. The number of anilines is 2. The molecule has 0 spiro atoms. The van der Waals surface area contributed by atoms with Gasteiger partial charge in [-0.15, -0.1) is 0 Å². The van der Waals surface area contributed by atoms with Gasteiger partial charge in [-0.1, -0.05) is 41.0 Å². The van der Waals surface area contributed by atoms with Gasteiger partial charge in [0.15, 0.2) is 5.16 Å². The monoisotopic (exact) mass is 551 g/mol. The number of carbonyl (C=O) groups excluding carboxylic acids is 2. The molecule has 2 aliphatic rings. The molecular formula is C24H31Cl2N7O2S. The number of urea groups is 1. The Kier molecular flexibility index (Phi) is 9.03. The molecule has 0 aliphatic carbocycles. The summed E-state index contributed by atoms with van der Waals surface area (Å²) in [6, 6.07) is 9.50. The fourth-order valence-corrected chi connectivity index (χ4v) is 5.61. The van der Waals surface area contributed by atoms with Crippen molar-refractivity contribution in [2.24, 2.45) is 0 Å². The van der Waals surface area contributed by atoms with Crippen molar-refractivity contribution >= 4 is 58.4 Å². The summed E-state index contributed by atoms with van der Waals surface area (Å²) < 4.78 is 0. The molecule has 2 aliphatic heterocycles. The largest absolute Gasteiger partial charge is 0.368 e. The minimum Gasteiger partial charge on any atom is -0.368 e. The van der Waals surface area contributed by atoms with Crippen molar-refractivity contribution in [3.05, 3.63) is 40.5 Å². The highest BCUT2D eigenvalue weighted by atomic mass is 35.5. The molecule has 3 heterocycles. The molecule has 2 fully saturated rings. The molecule has 1 aromatic carbocycles. The second kappa shape index (κ2) is 12.2. The van der Waals surface area contributed by atoms with E-state index in [2.05, 4.69) is 25.1 Å². The number of aromatic nitrogens is 2. The van der Waals surface area contributed by atoms with Crippen LogP contribution in [-0.2, 0) is 4.79 Å². The maximum absolute atomic E-state index is 12.9. The molecule has 0 radical (unpaired) electrons. The zero-order valence-corrected chi connectivity index (χ0v) is 22.8. The lowest BCUT2D eigenvalue weighted by atomic mass is 10.2. The van der Waals surface area contributed by atoms with Gasteiger partial charge in [0.2, 0.25) is 5.91 Å². The van der Waals surface area contributed by atoms with Crippen molar-refractivity contribution < 1.29 is 9.59 Å². The first-order chi connectivity index (χ1) is 17.3. The Hall–Kier alpha value is -2.43. The topological polar surface area (TPSA) is 84.9 Å². The number of thioether (sulfide) groups is 1. The number of amides is 3. The van der Waals surface area contributed by atoms with Crippen LogP contribution in [0.1, 0.15) is 13.8 Å². The average Bonchev–Trinajstić information content (AvgIpc) is 2.87. The number of rotatable bonds is 6. The smallest absolute Gasteiger partial charge is 0.317 e. The van der Waals surface area contributed by atoms with Crippen LogP contribution < -0.4 is 15.1 Å². The Morgan fingerprint density at radius 2 is 1.81 bits per heavy atom. The molecular weight excluding hydrogens is 521 g/mol. The first kappa shape index (κ1) is 26.6. The summed E-state index contributed by atoms with van der Waals surface area (Å²) in [4.78, 5) is 42.1. The highest BCUT2D eigenvalue weighted by Gasteiger charge is 2.28. The number of halogens is 2. The van der Waals surface area contributed by atoms with Gasteiger partial charge in [-0.25, -0.2) is 14.8 Å². The number of nitrogens with one attached hydrogen (secondary N) is 1. The number of benzene rings is 1. The summed E-state index contributed by atoms with van der Waals surface area (Å²) in [5, 5.41) is 4.38. The van der Waals surface area contributed by atoms with Gasteiger partial charge in [0.05, 0.1) is 5.75 Å². The third-order valence-electron chi connectivity index (χ3n) is 6.33. The van der Waals surface area contributed by atoms with E-state index >= 15 is 0 Å². The van der Waals surface area contributed by atoms with Crippen LogP contribution in [-0.4, -0.2) is 95.9 Å². The van der Waals surface area contributed by atoms with E-state index in [0.717, 1.165) is 18.8 Å². The van der Waals surface area contributed by atoms with Crippen molar-refractivity contribution in [3.8, 4) is 0 Å². The summed E-state index contributed by atoms with van der Waals surface area (Å²) in [6.07, 6.45) is 0. The van der Waals surface area contributed by atoms with Crippen LogP contribution in [0, 0.1) is 0 Å². The predicted molar refractivity (Wildman–Crippen MR) is 145 cm³/mol. The molecule has 0 unspecified atom stereocenters. The maximum atomic E-state index is 12.9. The van der Waals surface area contributed by atoms with Gasteiger partial charge >= 0.3 is 6.03 Å². The Balaban J connectivity index is 1.30. The van der Waals surface area contributed by atoms with Crippen molar-refractivity contribution in [1.82, 2.24) is 25.1 Å². The first-order valence-corrected chi connectivity index (χ1v) is 13.8. The van der Waals surface area contributed by atoms with E-state index < -0.39 is 0 Å². The highest BCUT2D eigenvalue weighted by molar-refractivity contribution is 7.99. The lowest BCUT2D eigenvalue weighted by Gasteiger charge is -2.40. The number of hydrogen-bond donors (Lipinski definition) is 1. The fourth-order valence-electron chi connectivity index (χ4n) is 4.44. The van der Waals surface area contributed by atoms with E-state index in [4.69, 9.17) is 23.2 Å². The summed E-state index contributed by atoms with van der Waals surface area (Å²) >= 11 is 13.7. The van der Waals surface area contributed by atoms with Gasteiger partial charge in [0.1, 0.15) is 11.0 Å². The normalized spacial score (nSPS) is 18.4. The number of nitrogens with zero attached hydrogens (tertiary/aromatic N) is 6. The second-order valence-electron chi connectivity index (χ2n) is 8.79. The van der Waals surface area contributed by atoms with Crippen LogP contribution in [0.15, 0.2) is 35.5 Å². The summed E-state index contributed by atoms with van der Waals surface area (Å²) in [5.74, 6) is 1.01. The fraction of sp³-hybridized carbons (Fsp3) is 0.500. The molecule has 4 rings (SSSR count). The van der Waals surface area contributed by atoms with E-state index in [1.807, 2.05) is 47.9 Å². The molecule has 9 nitrogen and oxygen atoms in total. The minimum absolute atomic E-state index is 0.0299. The zero-order valence-electron chi connectivity index (χ0n) is 20.5. The minimum atomic E-state index is -0.0477. The first-order valence-electron chi connectivity index (χ1n) is 12.1. The standard InChI is InChI=1S/C24H31Cl2N7O2S/c1-3-27-24(35)33-12-11-32(15-17(33)2)21-14-20(26)28-23(29-21)36-16-22(34)31-9-7-30(8-10-31)19-6-4-5-18(25)13-19/h4-6,13-14,17H,3,7-12,15-16H2,1-2H3,(H,27,35)/t17-/m1/s1. The maximum Gasteiger partial charge on any atom is 0.317 e. The lowest BCUT2D eigenvalue weighted by molar-refractivity contribution is -0.128. The van der Waals surface area contributed by atoms with Gasteiger partial charge in [-0.05, 0) is 32.0 Å². The van der Waals surface area contributed by atoms with E-state index in [9.17, 15) is 9.59 Å². The van der Waals surface area contributed by atoms with Gasteiger partial charge in [0.25, 0.3) is 0 Å². The van der Waals surface area contributed by atoms with E-state index in [1.54, 1.807) is 6.07 Å². The van der Waals surface area contributed by atoms with Gasteiger partial charge in [-0.2, -0.15) is 0 Å². The van der Waals surface area contributed by atoms with Crippen molar-refractivity contribution in [1.29, 1.82) is 0 Å². The van der Waals surface area contributed by atoms with Gasteiger partial charge < -0.3 is 24.9 Å². The van der Waals surface area contributed by atoms with E-state index in [0.29, 0.717) is 60.4 Å². The van der Waals surface area contributed by atoms with Gasteiger partial charge in [-0.3, -0.25) is 4.79 Å². The molecule has 3 amide bonds. The Morgan fingerprint density at radius 1 is 1.06 bits per heavy atom. The van der Waals surface area contributed by atoms with Crippen molar-refractivity contribution in [3.63, 3.8) is 0 Å². The molecule has 0 bridgehead atoms. The molecule has 194 valence electrons. The molecule has 1 aromatic heterocycles. The van der Waals surface area contributed by atoms with E-state index in [1.165, 1.54) is 11.8 Å². The second-order valence-corrected chi connectivity index (χ2v) is 10.6. The van der Waals surface area contributed by atoms with Crippen LogP contribution in [0.5, 0.6) is 0 Å². The lowest BCUT2D eigenvalue weighted by Crippen LogP contribution is -2.56. The van der Waals surface area contributed by atoms with Crippen LogP contribution in [0.4, 0.5) is 16.3 Å². The third-order valence-corrected chi connectivity index (χ3v) is 7.59. The number of piperazine rings is 2. The Morgan fingerprint density at radius 3 is 2.50 bits per heavy atom. The van der Waals surface area contributed by atoms with Crippen LogP contribution in [0.2, 0.25) is 10.2 Å². The molecule has 1 atom stereocenters. The third kappa shape index (κ3) is 6.66. The van der Waals surface area contributed by atoms with Crippen LogP contribution in [0.25, 0.3) is 0 Å². The number of hydrogen-bond acceptors (Lipinski definition) is 7. The zero-order chi connectivity index (χ0) is 25.7. The average molecular weight is 553 g/mol. The van der Waals surface area contributed by atoms with Crippen molar-refractivity contribution in [2.75, 3.05) is 67.9 Å². The molecule has 12 heteroatoms. The Bertz CT molecular complexity index is 1080. The van der Waals surface area contributed by atoms with Crippen LogP contribution in [0.3, 0.4) is 0 Å². The number of carbonyl (C=O) groups is 2.